The van der Waals surface area contributed by atoms with Crippen molar-refractivity contribution in [3.8, 4) is 11.1 Å². The van der Waals surface area contributed by atoms with E-state index in [0.29, 0.717) is 23.1 Å². The largest absolute Gasteiger partial charge is 0.416 e. The minimum absolute atomic E-state index is 0.249. The Kier molecular flexibility index (Phi) is 3.53. The number of thiocyanates is 1. The molecule has 2 aromatic rings. The van der Waals surface area contributed by atoms with Crippen molar-refractivity contribution in [2.45, 2.75) is 18.0 Å². The van der Waals surface area contributed by atoms with Crippen molar-refractivity contribution in [1.29, 1.82) is 5.26 Å². The van der Waals surface area contributed by atoms with Gasteiger partial charge in [0.1, 0.15) is 5.40 Å². The first-order valence-corrected chi connectivity index (χ1v) is 6.01. The lowest BCUT2D eigenvalue weighted by Crippen LogP contribution is -2.06. The second kappa shape index (κ2) is 4.97. The number of rotatable bonds is 2. The Morgan fingerprint density at radius 3 is 2.58 bits per heavy atom. The smallest absolute Gasteiger partial charge is 0.306 e. The van der Waals surface area contributed by atoms with Gasteiger partial charge >= 0.3 is 6.18 Å². The third kappa shape index (κ3) is 3.09. The Labute approximate surface area is 111 Å². The topological polar surface area (TPSA) is 41.6 Å². The fourth-order valence-corrected chi connectivity index (χ4v) is 2.04. The van der Waals surface area contributed by atoms with Crippen LogP contribution in [0.4, 0.5) is 13.2 Å². The van der Waals surface area contributed by atoms with E-state index in [1.54, 1.807) is 18.5 Å². The molecule has 0 N–H and O–H groups in total. The SMILES string of the molecule is Cc1cn(-c2cc(SC#N)cc(C(F)(F)F)c2)cn1. The summed E-state index contributed by atoms with van der Waals surface area (Å²) in [4.78, 5) is 4.22. The van der Waals surface area contributed by atoms with Crippen molar-refractivity contribution in [1.82, 2.24) is 9.55 Å². The van der Waals surface area contributed by atoms with Crippen LogP contribution in [0.15, 0.2) is 35.6 Å². The van der Waals surface area contributed by atoms with E-state index < -0.39 is 11.7 Å². The molecule has 0 aliphatic heterocycles. The van der Waals surface area contributed by atoms with E-state index >= 15 is 0 Å². The minimum Gasteiger partial charge on any atom is -0.306 e. The van der Waals surface area contributed by atoms with Gasteiger partial charge < -0.3 is 4.57 Å². The van der Waals surface area contributed by atoms with Gasteiger partial charge in [0, 0.05) is 16.8 Å². The van der Waals surface area contributed by atoms with E-state index in [1.807, 2.05) is 0 Å². The lowest BCUT2D eigenvalue weighted by molar-refractivity contribution is -0.137. The van der Waals surface area contributed by atoms with Gasteiger partial charge in [-0.3, -0.25) is 0 Å². The van der Waals surface area contributed by atoms with E-state index in [9.17, 15) is 13.2 Å². The first kappa shape index (κ1) is 13.5. The van der Waals surface area contributed by atoms with Gasteiger partial charge in [0.05, 0.1) is 17.6 Å². The van der Waals surface area contributed by atoms with E-state index in [2.05, 4.69) is 4.98 Å². The molecule has 0 unspecified atom stereocenters. The van der Waals surface area contributed by atoms with Crippen LogP contribution < -0.4 is 0 Å². The molecule has 7 heteroatoms. The van der Waals surface area contributed by atoms with Gasteiger partial charge in [-0.1, -0.05) is 0 Å². The lowest BCUT2D eigenvalue weighted by atomic mass is 10.2. The molecule has 0 atom stereocenters. The van der Waals surface area contributed by atoms with Crippen LogP contribution in [-0.2, 0) is 6.18 Å². The van der Waals surface area contributed by atoms with Crippen molar-refractivity contribution in [3.05, 3.63) is 42.0 Å². The summed E-state index contributed by atoms with van der Waals surface area (Å²) in [6, 6.07) is 3.51. The highest BCUT2D eigenvalue weighted by Gasteiger charge is 2.31. The van der Waals surface area contributed by atoms with Crippen molar-refractivity contribution in [2.75, 3.05) is 0 Å². The molecule has 0 radical (unpaired) electrons. The summed E-state index contributed by atoms with van der Waals surface area (Å²) in [5, 5.41) is 10.4. The number of aromatic nitrogens is 2. The Bertz CT molecular complexity index is 640. The predicted octanol–water partition coefficient (Wildman–Crippen LogP) is 3.77. The number of nitrogens with zero attached hydrogens (tertiary/aromatic N) is 3. The van der Waals surface area contributed by atoms with Gasteiger partial charge in [0.2, 0.25) is 0 Å². The van der Waals surface area contributed by atoms with Crippen molar-refractivity contribution in [2.24, 2.45) is 0 Å². The molecule has 0 fully saturated rings. The molecule has 0 aliphatic rings. The molecular formula is C12H8F3N3S. The van der Waals surface area contributed by atoms with Crippen molar-refractivity contribution in [3.63, 3.8) is 0 Å². The van der Waals surface area contributed by atoms with E-state index in [1.165, 1.54) is 17.0 Å². The summed E-state index contributed by atoms with van der Waals surface area (Å²) in [5.41, 5.74) is 0.245. The number of aryl methyl sites for hydroxylation is 1. The third-order valence-corrected chi connectivity index (χ3v) is 2.95. The molecule has 98 valence electrons. The minimum atomic E-state index is -4.45. The average molecular weight is 283 g/mol. The quantitative estimate of drug-likeness (QED) is 0.622. The standard InChI is InChI=1S/C12H8F3N3S/c1-8-5-18(7-17-8)10-2-9(12(13,14)15)3-11(4-10)19-6-16/h2-5,7H,1H3. The van der Waals surface area contributed by atoms with Crippen LogP contribution in [0, 0.1) is 17.6 Å². The monoisotopic (exact) mass is 283 g/mol. The number of alkyl halides is 3. The van der Waals surface area contributed by atoms with Crippen LogP contribution in [0.5, 0.6) is 0 Å². The number of hydrogen-bond acceptors (Lipinski definition) is 3. The Balaban J connectivity index is 2.55. The van der Waals surface area contributed by atoms with Gasteiger partial charge in [-0.2, -0.15) is 18.4 Å². The molecule has 1 aromatic carbocycles. The summed E-state index contributed by atoms with van der Waals surface area (Å²) in [7, 11) is 0. The number of hydrogen-bond donors (Lipinski definition) is 0. The maximum absolute atomic E-state index is 12.8. The second-order valence-corrected chi connectivity index (χ2v) is 4.69. The van der Waals surface area contributed by atoms with Gasteiger partial charge in [-0.15, -0.1) is 0 Å². The van der Waals surface area contributed by atoms with Crippen LogP contribution in [0.2, 0.25) is 0 Å². The summed E-state index contributed by atoms with van der Waals surface area (Å²) >= 11 is 0.693. The first-order valence-electron chi connectivity index (χ1n) is 5.19. The van der Waals surface area contributed by atoms with Gasteiger partial charge in [0.15, 0.2) is 0 Å². The molecule has 3 nitrogen and oxygen atoms in total. The number of benzene rings is 1. The van der Waals surface area contributed by atoms with Gasteiger partial charge in [-0.05, 0) is 36.9 Å². The van der Waals surface area contributed by atoms with E-state index in [0.717, 1.165) is 12.1 Å². The normalized spacial score (nSPS) is 11.3. The number of halogens is 3. The zero-order valence-corrected chi connectivity index (χ0v) is 10.6. The van der Waals surface area contributed by atoms with E-state index in [4.69, 9.17) is 5.26 Å². The van der Waals surface area contributed by atoms with Gasteiger partial charge in [-0.25, -0.2) is 4.98 Å². The van der Waals surface area contributed by atoms with Crippen molar-refractivity contribution >= 4 is 11.8 Å². The molecule has 2 rings (SSSR count). The predicted molar refractivity (Wildman–Crippen MR) is 64.8 cm³/mol. The fourth-order valence-electron chi connectivity index (χ4n) is 1.57. The molecule has 0 saturated heterocycles. The van der Waals surface area contributed by atoms with Crippen LogP contribution >= 0.6 is 11.8 Å². The van der Waals surface area contributed by atoms with Crippen LogP contribution in [0.3, 0.4) is 0 Å². The average Bonchev–Trinajstić information content (AvgIpc) is 2.75. The highest BCUT2D eigenvalue weighted by atomic mass is 32.2. The molecule has 0 spiro atoms. The number of imidazole rings is 1. The molecule has 0 saturated carbocycles. The number of thioether (sulfide) groups is 1. The molecule has 0 bridgehead atoms. The Hall–Kier alpha value is -1.94. The highest BCUT2D eigenvalue weighted by Crippen LogP contribution is 2.34. The second-order valence-electron chi connectivity index (χ2n) is 3.83. The maximum Gasteiger partial charge on any atom is 0.416 e. The summed E-state index contributed by atoms with van der Waals surface area (Å²) in [6.45, 7) is 1.75. The maximum atomic E-state index is 12.8. The molecular weight excluding hydrogens is 275 g/mol. The zero-order chi connectivity index (χ0) is 14.0. The summed E-state index contributed by atoms with van der Waals surface area (Å²) in [6.07, 6.45) is -1.39. The number of nitriles is 1. The van der Waals surface area contributed by atoms with Crippen LogP contribution in [-0.4, -0.2) is 9.55 Å². The Morgan fingerprint density at radius 1 is 1.32 bits per heavy atom. The fraction of sp³-hybridized carbons (Fsp3) is 0.167. The Morgan fingerprint density at radius 2 is 2.05 bits per heavy atom. The first-order chi connectivity index (χ1) is 8.90. The summed E-state index contributed by atoms with van der Waals surface area (Å²) < 4.78 is 39.9. The van der Waals surface area contributed by atoms with Crippen LogP contribution in [0.1, 0.15) is 11.3 Å². The van der Waals surface area contributed by atoms with E-state index in [-0.39, 0.29) is 4.90 Å². The zero-order valence-electron chi connectivity index (χ0n) is 9.77. The molecule has 1 heterocycles. The third-order valence-electron chi connectivity index (χ3n) is 2.39. The van der Waals surface area contributed by atoms with Gasteiger partial charge in [0.25, 0.3) is 0 Å². The summed E-state index contributed by atoms with van der Waals surface area (Å²) in [5.74, 6) is 0. The van der Waals surface area contributed by atoms with Crippen molar-refractivity contribution < 1.29 is 13.2 Å². The molecule has 0 amide bonds. The molecule has 0 aliphatic carbocycles. The van der Waals surface area contributed by atoms with Crippen LogP contribution in [0.25, 0.3) is 5.69 Å². The molecule has 1 aromatic heterocycles. The highest BCUT2D eigenvalue weighted by molar-refractivity contribution is 8.03. The molecule has 19 heavy (non-hydrogen) atoms. The lowest BCUT2D eigenvalue weighted by Gasteiger charge is -2.11.